The third kappa shape index (κ3) is 6.18. The fraction of sp³-hybridized carbons (Fsp3) is 0. The predicted octanol–water partition coefficient (Wildman–Crippen LogP) is 13.6. The van der Waals surface area contributed by atoms with E-state index in [1.54, 1.807) is 0 Å². The van der Waals surface area contributed by atoms with Gasteiger partial charge in [-0.2, -0.15) is 0 Å². The molecule has 8 aromatic carbocycles. The normalized spacial score (nSPS) is 11.3. The second-order valence-corrected chi connectivity index (χ2v) is 13.8. The maximum Gasteiger partial charge on any atom is 0.160 e. The quantitative estimate of drug-likeness (QED) is 0.166. The highest BCUT2D eigenvalue weighted by atomic mass is 15.0. The van der Waals surface area contributed by atoms with Crippen LogP contribution in [0.1, 0.15) is 0 Å². The van der Waals surface area contributed by atoms with Gasteiger partial charge >= 0.3 is 0 Å². The number of benzene rings is 8. The minimum atomic E-state index is 0.709. The van der Waals surface area contributed by atoms with E-state index in [2.05, 4.69) is 180 Å². The molecule has 0 saturated heterocycles. The summed E-state index contributed by atoms with van der Waals surface area (Å²) in [6.07, 6.45) is 0. The van der Waals surface area contributed by atoms with Crippen molar-refractivity contribution in [2.24, 2.45) is 0 Å². The Bertz CT molecular complexity index is 2830. The summed E-state index contributed by atoms with van der Waals surface area (Å²) >= 11 is 0. The van der Waals surface area contributed by atoms with Crippen molar-refractivity contribution in [1.82, 2.24) is 14.5 Å². The number of para-hydroxylation sites is 2. The lowest BCUT2D eigenvalue weighted by molar-refractivity contribution is 1.18. The van der Waals surface area contributed by atoms with Gasteiger partial charge < -0.3 is 4.57 Å². The van der Waals surface area contributed by atoms with Crippen molar-refractivity contribution in [1.29, 1.82) is 0 Å². The van der Waals surface area contributed by atoms with Crippen molar-refractivity contribution >= 4 is 21.8 Å². The Labute approximate surface area is 320 Å². The molecule has 0 atom stereocenters. The molecule has 2 heterocycles. The van der Waals surface area contributed by atoms with Crippen LogP contribution in [-0.4, -0.2) is 14.5 Å². The van der Waals surface area contributed by atoms with Crippen LogP contribution in [0.25, 0.3) is 94.8 Å². The molecule has 258 valence electrons. The topological polar surface area (TPSA) is 30.7 Å². The molecule has 3 nitrogen and oxygen atoms in total. The summed E-state index contributed by atoms with van der Waals surface area (Å²) in [5, 5.41) is 2.54. The summed E-state index contributed by atoms with van der Waals surface area (Å²) in [6.45, 7) is 0. The minimum absolute atomic E-state index is 0.709. The second kappa shape index (κ2) is 13.9. The average Bonchev–Trinajstić information content (AvgIpc) is 3.61. The molecular weight excluding hydrogens is 667 g/mol. The molecule has 0 unspecified atom stereocenters. The number of fused-ring (bicyclic) bond motifs is 3. The third-order valence-electron chi connectivity index (χ3n) is 10.4. The monoisotopic (exact) mass is 701 g/mol. The zero-order valence-corrected chi connectivity index (χ0v) is 30.0. The molecule has 0 bridgehead atoms. The molecule has 0 N–H and O–H groups in total. The van der Waals surface area contributed by atoms with Crippen LogP contribution in [0.5, 0.6) is 0 Å². The minimum Gasteiger partial charge on any atom is -0.309 e. The first-order chi connectivity index (χ1) is 27.2. The van der Waals surface area contributed by atoms with E-state index in [1.165, 1.54) is 44.1 Å². The molecule has 0 aliphatic rings. The van der Waals surface area contributed by atoms with Crippen LogP contribution in [-0.2, 0) is 0 Å². The molecule has 0 saturated carbocycles. The highest BCUT2D eigenvalue weighted by molar-refractivity contribution is 6.09. The highest BCUT2D eigenvalue weighted by Crippen LogP contribution is 2.35. The summed E-state index contributed by atoms with van der Waals surface area (Å²) in [5.74, 6) is 0.709. The molecule has 0 radical (unpaired) electrons. The highest BCUT2D eigenvalue weighted by Gasteiger charge is 2.13. The predicted molar refractivity (Wildman–Crippen MR) is 229 cm³/mol. The van der Waals surface area contributed by atoms with Crippen molar-refractivity contribution in [3.8, 4) is 73.0 Å². The largest absolute Gasteiger partial charge is 0.309 e. The lowest BCUT2D eigenvalue weighted by atomic mass is 9.96. The first-order valence-electron chi connectivity index (χ1n) is 18.7. The Hall–Kier alpha value is -7.36. The van der Waals surface area contributed by atoms with Crippen LogP contribution < -0.4 is 0 Å². The zero-order chi connectivity index (χ0) is 36.6. The van der Waals surface area contributed by atoms with E-state index in [-0.39, 0.29) is 0 Å². The number of nitrogens with zero attached hydrogens (tertiary/aromatic N) is 3. The van der Waals surface area contributed by atoms with Gasteiger partial charge in [0, 0.05) is 33.2 Å². The van der Waals surface area contributed by atoms with Crippen LogP contribution >= 0.6 is 0 Å². The van der Waals surface area contributed by atoms with Crippen molar-refractivity contribution in [3.05, 3.63) is 212 Å². The molecule has 10 aromatic rings. The Morgan fingerprint density at radius 3 is 1.15 bits per heavy atom. The molecule has 55 heavy (non-hydrogen) atoms. The summed E-state index contributed by atoms with van der Waals surface area (Å²) in [5.41, 5.74) is 15.6. The molecular formula is C52H35N3. The second-order valence-electron chi connectivity index (χ2n) is 13.8. The van der Waals surface area contributed by atoms with Crippen molar-refractivity contribution in [2.75, 3.05) is 0 Å². The van der Waals surface area contributed by atoms with Gasteiger partial charge in [0.15, 0.2) is 5.82 Å². The SMILES string of the molecule is c1ccc(-c2cc(-c3ccccc3)nc(-c3ccc(-c4cccc(-c5cccc(-c6ccc(-n7c8ccccc8c8ccccc87)cc6)c5)c4)cc3)n2)cc1. The molecule has 10 rings (SSSR count). The lowest BCUT2D eigenvalue weighted by Gasteiger charge is -2.11. The van der Waals surface area contributed by atoms with Crippen LogP contribution in [0.15, 0.2) is 212 Å². The number of rotatable bonds is 7. The van der Waals surface area contributed by atoms with Gasteiger partial charge in [-0.3, -0.25) is 0 Å². The molecule has 2 aromatic heterocycles. The van der Waals surface area contributed by atoms with E-state index in [0.717, 1.165) is 44.9 Å². The maximum atomic E-state index is 5.02. The average molecular weight is 702 g/mol. The van der Waals surface area contributed by atoms with E-state index in [9.17, 15) is 0 Å². The maximum absolute atomic E-state index is 5.02. The van der Waals surface area contributed by atoms with Crippen LogP contribution in [0, 0.1) is 0 Å². The summed E-state index contributed by atoms with van der Waals surface area (Å²) in [4.78, 5) is 10.0. The van der Waals surface area contributed by atoms with Crippen molar-refractivity contribution < 1.29 is 0 Å². The van der Waals surface area contributed by atoms with E-state index in [4.69, 9.17) is 9.97 Å². The number of aromatic nitrogens is 3. The van der Waals surface area contributed by atoms with E-state index >= 15 is 0 Å². The van der Waals surface area contributed by atoms with Crippen molar-refractivity contribution in [3.63, 3.8) is 0 Å². The summed E-state index contributed by atoms with van der Waals surface area (Å²) < 4.78 is 2.36. The number of hydrogen-bond donors (Lipinski definition) is 0. The van der Waals surface area contributed by atoms with Gasteiger partial charge in [-0.15, -0.1) is 0 Å². The first-order valence-corrected chi connectivity index (χ1v) is 18.7. The zero-order valence-electron chi connectivity index (χ0n) is 30.0. The van der Waals surface area contributed by atoms with Gasteiger partial charge in [0.1, 0.15) is 0 Å². The Kier molecular flexibility index (Phi) is 8.16. The lowest BCUT2D eigenvalue weighted by Crippen LogP contribution is -1.95. The molecule has 0 fully saturated rings. The third-order valence-corrected chi connectivity index (χ3v) is 10.4. The van der Waals surface area contributed by atoms with E-state index in [0.29, 0.717) is 5.82 Å². The first kappa shape index (κ1) is 32.3. The van der Waals surface area contributed by atoms with Crippen LogP contribution in [0.2, 0.25) is 0 Å². The molecule has 0 aliphatic carbocycles. The van der Waals surface area contributed by atoms with Gasteiger partial charge in [0.05, 0.1) is 22.4 Å². The van der Waals surface area contributed by atoms with Gasteiger partial charge in [0.25, 0.3) is 0 Å². The molecule has 0 amide bonds. The van der Waals surface area contributed by atoms with Gasteiger partial charge in [0.2, 0.25) is 0 Å². The van der Waals surface area contributed by atoms with Crippen molar-refractivity contribution in [2.45, 2.75) is 0 Å². The molecule has 0 aliphatic heterocycles. The smallest absolute Gasteiger partial charge is 0.160 e. The van der Waals surface area contributed by atoms with Gasteiger partial charge in [-0.1, -0.05) is 170 Å². The molecule has 3 heteroatoms. The fourth-order valence-electron chi connectivity index (χ4n) is 7.66. The standard InChI is InChI=1S/C52H35N3/c1-3-13-38(14-4-1)48-35-49(39-15-5-2-6-16-39)54-52(53-48)40-27-25-36(26-28-40)41-17-11-19-43(33-41)44-20-12-18-42(34-44)37-29-31-45(32-30-37)55-50-23-9-7-21-46(50)47-22-8-10-24-51(47)55/h1-35H. The van der Waals surface area contributed by atoms with Gasteiger partial charge in [-0.05, 0) is 75.8 Å². The summed E-state index contributed by atoms with van der Waals surface area (Å²) in [7, 11) is 0. The molecule has 0 spiro atoms. The Morgan fingerprint density at radius 1 is 0.273 bits per heavy atom. The van der Waals surface area contributed by atoms with Gasteiger partial charge in [-0.25, -0.2) is 9.97 Å². The van der Waals surface area contributed by atoms with E-state index in [1.807, 2.05) is 36.4 Å². The Balaban J connectivity index is 0.937. The number of hydrogen-bond acceptors (Lipinski definition) is 2. The van der Waals surface area contributed by atoms with Crippen LogP contribution in [0.3, 0.4) is 0 Å². The Morgan fingerprint density at radius 2 is 0.655 bits per heavy atom. The summed E-state index contributed by atoms with van der Waals surface area (Å²) in [6, 6.07) is 75.1. The van der Waals surface area contributed by atoms with Crippen LogP contribution in [0.4, 0.5) is 0 Å². The fourth-order valence-corrected chi connectivity index (χ4v) is 7.66. The van der Waals surface area contributed by atoms with E-state index < -0.39 is 0 Å².